The Labute approximate surface area is 123 Å². The number of nitrogens with zero attached hydrogens (tertiary/aromatic N) is 1. The quantitative estimate of drug-likeness (QED) is 0.326. The van der Waals surface area contributed by atoms with Gasteiger partial charge in [0.1, 0.15) is 0 Å². The molecule has 20 heavy (non-hydrogen) atoms. The number of rotatable bonds is 7. The lowest BCUT2D eigenvalue weighted by molar-refractivity contribution is 0.129. The summed E-state index contributed by atoms with van der Waals surface area (Å²) in [4.78, 5) is 4.59. The maximum absolute atomic E-state index is 6.05. The Morgan fingerprint density at radius 1 is 1.25 bits per heavy atom. The summed E-state index contributed by atoms with van der Waals surface area (Å²) in [6.45, 7) is 4.59. The Hall–Kier alpha value is -0.770. The largest absolute Gasteiger partial charge is 0.382 e. The van der Waals surface area contributed by atoms with Crippen molar-refractivity contribution in [3.8, 4) is 0 Å². The number of hydrogen-bond acceptors (Lipinski definition) is 2. The molecule has 3 N–H and O–H groups in total. The second-order valence-corrected chi connectivity index (χ2v) is 6.48. The summed E-state index contributed by atoms with van der Waals surface area (Å²) in [7, 11) is 0. The molecule has 0 atom stereocenters. The fourth-order valence-corrected chi connectivity index (χ4v) is 3.03. The molecule has 0 spiro atoms. The van der Waals surface area contributed by atoms with E-state index in [9.17, 15) is 0 Å². The van der Waals surface area contributed by atoms with Crippen molar-refractivity contribution in [3.05, 3.63) is 0 Å². The van der Waals surface area contributed by atoms with Crippen LogP contribution in [-0.4, -0.2) is 31.8 Å². The Morgan fingerprint density at radius 3 is 2.55 bits per heavy atom. The van der Waals surface area contributed by atoms with Crippen LogP contribution in [0.2, 0.25) is 0 Å². The van der Waals surface area contributed by atoms with E-state index >= 15 is 0 Å². The molecular formula is C16H31N3O. The highest BCUT2D eigenvalue weighted by Crippen LogP contribution is 2.48. The Bertz CT molecular complexity index is 305. The average molecular weight is 281 g/mol. The summed E-state index contributed by atoms with van der Waals surface area (Å²) in [6, 6.07) is 0.542. The van der Waals surface area contributed by atoms with Gasteiger partial charge < -0.3 is 15.8 Å². The number of hydrogen-bond donors (Lipinski definition) is 2. The molecule has 4 heteroatoms. The molecule has 0 aliphatic heterocycles. The van der Waals surface area contributed by atoms with Crippen LogP contribution < -0.4 is 11.1 Å². The van der Waals surface area contributed by atoms with E-state index in [1.807, 2.05) is 6.92 Å². The van der Waals surface area contributed by atoms with Gasteiger partial charge in [0.15, 0.2) is 5.96 Å². The first-order valence-electron chi connectivity index (χ1n) is 8.38. The molecule has 116 valence electrons. The molecule has 0 bridgehead atoms. The first-order chi connectivity index (χ1) is 9.74. The molecule has 0 aromatic carbocycles. The van der Waals surface area contributed by atoms with E-state index < -0.39 is 0 Å². The van der Waals surface area contributed by atoms with E-state index in [1.165, 1.54) is 51.4 Å². The molecule has 2 aliphatic rings. The second kappa shape index (κ2) is 7.87. The Balaban J connectivity index is 1.70. The van der Waals surface area contributed by atoms with Crippen LogP contribution in [0.3, 0.4) is 0 Å². The number of nitrogens with one attached hydrogen (secondary N) is 1. The second-order valence-electron chi connectivity index (χ2n) is 6.48. The number of nitrogens with two attached hydrogens (primary N) is 1. The van der Waals surface area contributed by atoms with Crippen molar-refractivity contribution in [2.24, 2.45) is 16.1 Å². The molecule has 2 aliphatic carbocycles. The lowest BCUT2D eigenvalue weighted by Crippen LogP contribution is -2.40. The molecule has 2 saturated carbocycles. The van der Waals surface area contributed by atoms with Gasteiger partial charge in [-0.15, -0.1) is 0 Å². The van der Waals surface area contributed by atoms with Gasteiger partial charge in [0.2, 0.25) is 0 Å². The van der Waals surface area contributed by atoms with E-state index in [0.717, 1.165) is 26.2 Å². The van der Waals surface area contributed by atoms with Gasteiger partial charge in [-0.3, -0.25) is 4.99 Å². The fraction of sp³-hybridized carbons (Fsp3) is 0.938. The van der Waals surface area contributed by atoms with Crippen LogP contribution in [0.4, 0.5) is 0 Å². The molecule has 4 nitrogen and oxygen atoms in total. The zero-order valence-corrected chi connectivity index (χ0v) is 13.0. The fourth-order valence-electron chi connectivity index (χ4n) is 3.03. The molecular weight excluding hydrogens is 250 g/mol. The molecule has 2 fully saturated rings. The highest BCUT2D eigenvalue weighted by molar-refractivity contribution is 5.78. The summed E-state index contributed by atoms with van der Waals surface area (Å²) in [5.41, 5.74) is 6.45. The van der Waals surface area contributed by atoms with E-state index in [2.05, 4.69) is 10.3 Å². The Morgan fingerprint density at radius 2 is 1.95 bits per heavy atom. The highest BCUT2D eigenvalue weighted by atomic mass is 16.5. The third-order valence-corrected chi connectivity index (χ3v) is 4.73. The van der Waals surface area contributed by atoms with E-state index in [1.54, 1.807) is 0 Å². The summed E-state index contributed by atoms with van der Waals surface area (Å²) in [6.07, 6.45) is 11.6. The van der Waals surface area contributed by atoms with E-state index in [4.69, 9.17) is 10.5 Å². The summed E-state index contributed by atoms with van der Waals surface area (Å²) >= 11 is 0. The van der Waals surface area contributed by atoms with Gasteiger partial charge >= 0.3 is 0 Å². The lowest BCUT2D eigenvalue weighted by Gasteiger charge is -2.18. The van der Waals surface area contributed by atoms with Gasteiger partial charge in [0.25, 0.3) is 0 Å². The minimum Gasteiger partial charge on any atom is -0.382 e. The third-order valence-electron chi connectivity index (χ3n) is 4.73. The molecule has 0 unspecified atom stereocenters. The molecule has 0 aromatic rings. The van der Waals surface area contributed by atoms with Crippen molar-refractivity contribution >= 4 is 5.96 Å². The standard InChI is InChI=1S/C16H31N3O/c1-2-20-12-11-16(9-10-16)13-18-15(17)19-14-7-5-3-4-6-8-14/h14H,2-13H2,1H3,(H3,17,18,19). The highest BCUT2D eigenvalue weighted by Gasteiger charge is 2.41. The van der Waals surface area contributed by atoms with Gasteiger partial charge in [-0.2, -0.15) is 0 Å². The molecule has 0 saturated heterocycles. The monoisotopic (exact) mass is 281 g/mol. The molecule has 0 aromatic heterocycles. The van der Waals surface area contributed by atoms with Gasteiger partial charge in [-0.25, -0.2) is 0 Å². The third kappa shape index (κ3) is 5.31. The molecule has 0 amide bonds. The zero-order valence-electron chi connectivity index (χ0n) is 13.0. The molecule has 0 radical (unpaired) electrons. The predicted octanol–water partition coefficient (Wildman–Crippen LogP) is 2.82. The van der Waals surface area contributed by atoms with Gasteiger partial charge in [-0.1, -0.05) is 25.7 Å². The number of guanidine groups is 1. The average Bonchev–Trinajstić information content (AvgIpc) is 3.23. The normalized spacial score (nSPS) is 23.4. The Kier molecular flexibility index (Phi) is 6.14. The van der Waals surface area contributed by atoms with Gasteiger partial charge in [0, 0.05) is 25.8 Å². The molecule has 0 heterocycles. The summed E-state index contributed by atoms with van der Waals surface area (Å²) in [5.74, 6) is 0.652. The van der Waals surface area contributed by atoms with Crippen LogP contribution in [0.15, 0.2) is 4.99 Å². The van der Waals surface area contributed by atoms with Crippen molar-refractivity contribution in [2.75, 3.05) is 19.8 Å². The van der Waals surface area contributed by atoms with E-state index in [0.29, 0.717) is 17.4 Å². The first kappa shape index (κ1) is 15.6. The van der Waals surface area contributed by atoms with Gasteiger partial charge in [-0.05, 0) is 44.4 Å². The topological polar surface area (TPSA) is 59.6 Å². The van der Waals surface area contributed by atoms with Crippen LogP contribution in [0.1, 0.15) is 64.7 Å². The van der Waals surface area contributed by atoms with Crippen LogP contribution in [0, 0.1) is 5.41 Å². The van der Waals surface area contributed by atoms with Crippen LogP contribution >= 0.6 is 0 Å². The maximum atomic E-state index is 6.05. The first-order valence-corrected chi connectivity index (χ1v) is 8.38. The van der Waals surface area contributed by atoms with Crippen molar-refractivity contribution in [1.82, 2.24) is 5.32 Å². The number of ether oxygens (including phenoxy) is 1. The van der Waals surface area contributed by atoms with Crippen molar-refractivity contribution in [3.63, 3.8) is 0 Å². The maximum Gasteiger partial charge on any atom is 0.188 e. The zero-order chi connectivity index (χ0) is 14.3. The van der Waals surface area contributed by atoms with Crippen molar-refractivity contribution in [2.45, 2.75) is 70.8 Å². The van der Waals surface area contributed by atoms with E-state index in [-0.39, 0.29) is 0 Å². The minimum atomic E-state index is 0.394. The van der Waals surface area contributed by atoms with Crippen molar-refractivity contribution in [1.29, 1.82) is 0 Å². The van der Waals surface area contributed by atoms with Crippen LogP contribution in [-0.2, 0) is 4.74 Å². The van der Waals surface area contributed by atoms with Crippen LogP contribution in [0.25, 0.3) is 0 Å². The number of aliphatic imine (C=N–C) groups is 1. The van der Waals surface area contributed by atoms with Gasteiger partial charge in [0.05, 0.1) is 0 Å². The van der Waals surface area contributed by atoms with Crippen LogP contribution in [0.5, 0.6) is 0 Å². The minimum absolute atomic E-state index is 0.394. The summed E-state index contributed by atoms with van der Waals surface area (Å²) < 4.78 is 5.46. The SMILES string of the molecule is CCOCCC1(CN=C(N)NC2CCCCCC2)CC1. The van der Waals surface area contributed by atoms with Crippen molar-refractivity contribution < 1.29 is 4.74 Å². The predicted molar refractivity (Wildman–Crippen MR) is 83.9 cm³/mol. The lowest BCUT2D eigenvalue weighted by atomic mass is 10.0. The summed E-state index contributed by atoms with van der Waals surface area (Å²) in [5, 5.41) is 3.42. The molecule has 2 rings (SSSR count). The smallest absolute Gasteiger partial charge is 0.188 e.